The van der Waals surface area contributed by atoms with Crippen LogP contribution in [-0.4, -0.2) is 31.2 Å². The zero-order valence-corrected chi connectivity index (χ0v) is 17.4. The van der Waals surface area contributed by atoms with Gasteiger partial charge in [-0.2, -0.15) is 5.26 Å². The van der Waals surface area contributed by atoms with E-state index in [2.05, 4.69) is 16.7 Å². The van der Waals surface area contributed by atoms with Crippen molar-refractivity contribution in [2.24, 2.45) is 0 Å². The lowest BCUT2D eigenvalue weighted by atomic mass is 10.2. The molecule has 0 fully saturated rings. The molecule has 0 bridgehead atoms. The van der Waals surface area contributed by atoms with Crippen molar-refractivity contribution in [3.05, 3.63) is 65.4 Å². The Bertz CT molecular complexity index is 1090. The number of benzene rings is 2. The number of carbonyl (C=O) groups is 1. The Morgan fingerprint density at radius 3 is 2.40 bits per heavy atom. The Kier molecular flexibility index (Phi) is 6.28. The number of hydrogen-bond acceptors (Lipinski definition) is 5. The summed E-state index contributed by atoms with van der Waals surface area (Å²) in [5, 5.41) is 15.6. The molecule has 2 aromatic carbocycles. The van der Waals surface area contributed by atoms with E-state index < -0.39 is 0 Å². The van der Waals surface area contributed by atoms with Crippen LogP contribution in [0.2, 0.25) is 0 Å². The summed E-state index contributed by atoms with van der Waals surface area (Å²) in [4.78, 5) is 12.7. The lowest BCUT2D eigenvalue weighted by Crippen LogP contribution is -2.23. The second-order valence-corrected chi connectivity index (χ2v) is 6.71. The number of hydrogen-bond donors (Lipinski definition) is 2. The van der Waals surface area contributed by atoms with Crippen LogP contribution in [0.4, 0.5) is 11.5 Å². The van der Waals surface area contributed by atoms with Gasteiger partial charge in [0.25, 0.3) is 0 Å². The average molecular weight is 404 g/mol. The molecular weight excluding hydrogens is 380 g/mol. The van der Waals surface area contributed by atoms with Gasteiger partial charge < -0.3 is 20.1 Å². The van der Waals surface area contributed by atoms with Crippen molar-refractivity contribution in [3.63, 3.8) is 0 Å². The molecule has 3 aromatic rings. The number of nitriles is 1. The second kappa shape index (κ2) is 9.05. The summed E-state index contributed by atoms with van der Waals surface area (Å²) in [6.45, 7) is 3.84. The van der Waals surface area contributed by atoms with Gasteiger partial charge in [0, 0.05) is 23.1 Å². The zero-order chi connectivity index (χ0) is 21.7. The third kappa shape index (κ3) is 4.23. The first kappa shape index (κ1) is 20.8. The van der Waals surface area contributed by atoms with Gasteiger partial charge in [0.1, 0.15) is 23.4 Å². The third-order valence-corrected chi connectivity index (χ3v) is 4.94. The number of carbonyl (C=O) groups excluding carboxylic acids is 1. The van der Waals surface area contributed by atoms with E-state index in [0.29, 0.717) is 17.1 Å². The minimum atomic E-state index is -0.262. The summed E-state index contributed by atoms with van der Waals surface area (Å²) in [5.41, 5.74) is 3.74. The SMILES string of the molecule is COc1ccc(-n2c(C)c(C)c(C#N)c2NC(=O)CNc2cccc(OC)c2)cc1. The smallest absolute Gasteiger partial charge is 0.244 e. The maximum atomic E-state index is 12.7. The van der Waals surface area contributed by atoms with E-state index in [4.69, 9.17) is 9.47 Å². The summed E-state index contributed by atoms with van der Waals surface area (Å²) in [6, 6.07) is 17.0. The minimum absolute atomic E-state index is 0.0456. The molecule has 2 N–H and O–H groups in total. The number of rotatable bonds is 7. The van der Waals surface area contributed by atoms with Crippen molar-refractivity contribution in [2.75, 3.05) is 31.4 Å². The van der Waals surface area contributed by atoms with Crippen LogP contribution in [0.1, 0.15) is 16.8 Å². The van der Waals surface area contributed by atoms with Crippen LogP contribution in [0, 0.1) is 25.2 Å². The topological polar surface area (TPSA) is 88.3 Å². The molecule has 0 radical (unpaired) electrons. The highest BCUT2D eigenvalue weighted by molar-refractivity contribution is 5.95. The lowest BCUT2D eigenvalue weighted by molar-refractivity contribution is -0.114. The number of nitrogens with one attached hydrogen (secondary N) is 2. The number of anilines is 2. The van der Waals surface area contributed by atoms with Gasteiger partial charge in [-0.15, -0.1) is 0 Å². The molecule has 0 saturated carbocycles. The van der Waals surface area contributed by atoms with Crippen molar-refractivity contribution in [1.29, 1.82) is 5.26 Å². The summed E-state index contributed by atoms with van der Waals surface area (Å²) in [5.74, 6) is 1.62. The van der Waals surface area contributed by atoms with E-state index in [0.717, 1.165) is 28.4 Å². The summed E-state index contributed by atoms with van der Waals surface area (Å²) in [6.07, 6.45) is 0. The molecule has 0 atom stereocenters. The Hall–Kier alpha value is -3.92. The molecule has 1 amide bonds. The van der Waals surface area contributed by atoms with Crippen LogP contribution in [-0.2, 0) is 4.79 Å². The van der Waals surface area contributed by atoms with Crippen molar-refractivity contribution in [1.82, 2.24) is 4.57 Å². The maximum absolute atomic E-state index is 12.7. The van der Waals surface area contributed by atoms with E-state index in [9.17, 15) is 10.1 Å². The molecule has 0 saturated heterocycles. The normalized spacial score (nSPS) is 10.2. The first-order valence-electron chi connectivity index (χ1n) is 9.42. The predicted molar refractivity (Wildman–Crippen MR) is 117 cm³/mol. The van der Waals surface area contributed by atoms with Gasteiger partial charge in [-0.05, 0) is 55.8 Å². The van der Waals surface area contributed by atoms with E-state index in [1.807, 2.05) is 66.9 Å². The van der Waals surface area contributed by atoms with E-state index in [-0.39, 0.29) is 12.5 Å². The first-order valence-corrected chi connectivity index (χ1v) is 9.42. The molecule has 154 valence electrons. The largest absolute Gasteiger partial charge is 0.497 e. The van der Waals surface area contributed by atoms with E-state index in [1.54, 1.807) is 14.2 Å². The fourth-order valence-electron chi connectivity index (χ4n) is 3.21. The van der Waals surface area contributed by atoms with E-state index in [1.165, 1.54) is 0 Å². The fourth-order valence-corrected chi connectivity index (χ4v) is 3.21. The van der Waals surface area contributed by atoms with Crippen LogP contribution in [0.15, 0.2) is 48.5 Å². The number of nitrogens with zero attached hydrogens (tertiary/aromatic N) is 2. The Morgan fingerprint density at radius 1 is 1.07 bits per heavy atom. The van der Waals surface area contributed by atoms with Gasteiger partial charge in [0.15, 0.2) is 0 Å². The third-order valence-electron chi connectivity index (χ3n) is 4.94. The van der Waals surface area contributed by atoms with Gasteiger partial charge in [-0.1, -0.05) is 6.07 Å². The molecule has 0 aliphatic rings. The standard InChI is InChI=1S/C23H24N4O3/c1-15-16(2)27(18-8-10-19(29-3)11-9-18)23(21(15)13-24)26-22(28)14-25-17-6-5-7-20(12-17)30-4/h5-12,25H,14H2,1-4H3,(H,26,28). The van der Waals surface area contributed by atoms with Gasteiger partial charge >= 0.3 is 0 Å². The second-order valence-electron chi connectivity index (χ2n) is 6.71. The maximum Gasteiger partial charge on any atom is 0.244 e. The molecule has 0 spiro atoms. The molecule has 7 nitrogen and oxygen atoms in total. The molecule has 0 aliphatic carbocycles. The molecule has 0 aliphatic heterocycles. The quantitative estimate of drug-likeness (QED) is 0.621. The van der Waals surface area contributed by atoms with Crippen LogP contribution in [0.5, 0.6) is 11.5 Å². The molecule has 0 unspecified atom stereocenters. The van der Waals surface area contributed by atoms with Crippen LogP contribution < -0.4 is 20.1 Å². The van der Waals surface area contributed by atoms with E-state index >= 15 is 0 Å². The van der Waals surface area contributed by atoms with Crippen molar-refractivity contribution in [2.45, 2.75) is 13.8 Å². The number of aromatic nitrogens is 1. The zero-order valence-electron chi connectivity index (χ0n) is 17.4. The van der Waals surface area contributed by atoms with Gasteiger partial charge in [0.2, 0.25) is 5.91 Å². The van der Waals surface area contributed by atoms with Gasteiger partial charge in [-0.3, -0.25) is 9.36 Å². The monoisotopic (exact) mass is 404 g/mol. The number of amides is 1. The summed E-state index contributed by atoms with van der Waals surface area (Å²) in [7, 11) is 3.20. The molecular formula is C23H24N4O3. The number of methoxy groups -OCH3 is 2. The number of ether oxygens (including phenoxy) is 2. The molecule has 1 aromatic heterocycles. The average Bonchev–Trinajstić information content (AvgIpc) is 3.01. The van der Waals surface area contributed by atoms with Gasteiger partial charge in [0.05, 0.1) is 26.3 Å². The van der Waals surface area contributed by atoms with Crippen molar-refractivity contribution < 1.29 is 14.3 Å². The lowest BCUT2D eigenvalue weighted by Gasteiger charge is -2.14. The Morgan fingerprint density at radius 2 is 1.77 bits per heavy atom. The predicted octanol–water partition coefficient (Wildman–Crippen LogP) is 4.03. The Labute approximate surface area is 175 Å². The van der Waals surface area contributed by atoms with Crippen molar-refractivity contribution in [3.8, 4) is 23.3 Å². The summed E-state index contributed by atoms with van der Waals surface area (Å²) < 4.78 is 12.3. The Balaban J connectivity index is 1.86. The van der Waals surface area contributed by atoms with Gasteiger partial charge in [-0.25, -0.2) is 0 Å². The fraction of sp³-hybridized carbons (Fsp3) is 0.217. The van der Waals surface area contributed by atoms with Crippen LogP contribution in [0.25, 0.3) is 5.69 Å². The van der Waals surface area contributed by atoms with Crippen molar-refractivity contribution >= 4 is 17.4 Å². The molecule has 7 heteroatoms. The first-order chi connectivity index (χ1) is 14.5. The molecule has 1 heterocycles. The van der Waals surface area contributed by atoms with Crippen LogP contribution in [0.3, 0.4) is 0 Å². The highest BCUT2D eigenvalue weighted by Crippen LogP contribution is 2.30. The highest BCUT2D eigenvalue weighted by Gasteiger charge is 2.20. The highest BCUT2D eigenvalue weighted by atomic mass is 16.5. The minimum Gasteiger partial charge on any atom is -0.497 e. The van der Waals surface area contributed by atoms with Crippen LogP contribution >= 0.6 is 0 Å². The molecule has 30 heavy (non-hydrogen) atoms. The summed E-state index contributed by atoms with van der Waals surface area (Å²) >= 11 is 0. The molecule has 3 rings (SSSR count).